The number of piperidine rings is 1. The van der Waals surface area contributed by atoms with Crippen LogP contribution in [0.3, 0.4) is 0 Å². The summed E-state index contributed by atoms with van der Waals surface area (Å²) in [4.78, 5) is 18.5. The molecule has 3 aromatic heterocycles. The Bertz CT molecular complexity index is 1390. The first-order valence-electron chi connectivity index (χ1n) is 13.4. The van der Waals surface area contributed by atoms with E-state index in [1.807, 2.05) is 0 Å². The van der Waals surface area contributed by atoms with E-state index in [9.17, 15) is 0 Å². The number of benzene rings is 1. The van der Waals surface area contributed by atoms with Crippen molar-refractivity contribution in [3.8, 4) is 0 Å². The normalized spacial score (nSPS) is 18.3. The van der Waals surface area contributed by atoms with Gasteiger partial charge in [0.1, 0.15) is 17.0 Å². The lowest BCUT2D eigenvalue weighted by molar-refractivity contribution is -0.0402. The summed E-state index contributed by atoms with van der Waals surface area (Å²) in [6.07, 6.45) is 7.19. The molecule has 0 atom stereocenters. The highest BCUT2D eigenvalue weighted by Gasteiger charge is 2.32. The molecule has 1 aromatic carbocycles. The Labute approximate surface area is 217 Å². The fourth-order valence-corrected chi connectivity index (χ4v) is 7.13. The van der Waals surface area contributed by atoms with Gasteiger partial charge in [0.2, 0.25) is 0 Å². The monoisotopic (exact) mass is 500 g/mol. The third kappa shape index (κ3) is 4.50. The molecule has 6 rings (SSSR count). The maximum Gasteiger partial charge on any atom is 0.150 e. The van der Waals surface area contributed by atoms with E-state index in [0.717, 1.165) is 48.0 Å². The molecule has 0 aliphatic carbocycles. The van der Waals surface area contributed by atoms with Gasteiger partial charge in [0.25, 0.3) is 0 Å². The van der Waals surface area contributed by atoms with Crippen LogP contribution in [0.4, 0.5) is 5.82 Å². The number of ether oxygens (including phenoxy) is 1. The van der Waals surface area contributed by atoms with E-state index in [-0.39, 0.29) is 5.60 Å². The maximum absolute atomic E-state index is 6.25. The first kappa shape index (κ1) is 23.8. The Morgan fingerprint density at radius 2 is 1.86 bits per heavy atom. The van der Waals surface area contributed by atoms with Crippen LogP contribution in [0.15, 0.2) is 36.7 Å². The summed E-state index contributed by atoms with van der Waals surface area (Å²) in [5, 5.41) is 1.23. The Hall–Kier alpha value is -2.57. The quantitative estimate of drug-likeness (QED) is 0.303. The van der Waals surface area contributed by atoms with Gasteiger partial charge in [0.05, 0.1) is 22.4 Å². The predicted octanol–water partition coefficient (Wildman–Crippen LogP) is 6.75. The van der Waals surface area contributed by atoms with Crippen molar-refractivity contribution in [2.45, 2.75) is 72.0 Å². The van der Waals surface area contributed by atoms with E-state index in [1.165, 1.54) is 51.7 Å². The molecular formula is C30H36N4OS. The van der Waals surface area contributed by atoms with E-state index in [4.69, 9.17) is 19.7 Å². The predicted molar refractivity (Wildman–Crippen MR) is 149 cm³/mol. The van der Waals surface area contributed by atoms with Crippen LogP contribution in [-0.2, 0) is 30.6 Å². The van der Waals surface area contributed by atoms with Gasteiger partial charge in [-0.1, -0.05) is 44.2 Å². The summed E-state index contributed by atoms with van der Waals surface area (Å²) in [5.74, 6) is 2.38. The fourth-order valence-electron chi connectivity index (χ4n) is 5.94. The molecule has 2 aliphatic rings. The van der Waals surface area contributed by atoms with Crippen molar-refractivity contribution >= 4 is 37.6 Å². The number of thiophene rings is 1. The average Bonchev–Trinajstić information content (AvgIpc) is 3.23. The largest absolute Gasteiger partial charge is 0.370 e. The molecule has 0 saturated carbocycles. The van der Waals surface area contributed by atoms with Gasteiger partial charge >= 0.3 is 0 Å². The number of rotatable bonds is 5. The highest BCUT2D eigenvalue weighted by molar-refractivity contribution is 7.26. The first-order chi connectivity index (χ1) is 17.4. The van der Waals surface area contributed by atoms with Crippen molar-refractivity contribution in [1.82, 2.24) is 15.0 Å². The van der Waals surface area contributed by atoms with Gasteiger partial charge in [-0.2, -0.15) is 0 Å². The number of aromatic nitrogens is 3. The Morgan fingerprint density at radius 1 is 1.08 bits per heavy atom. The van der Waals surface area contributed by atoms with Crippen LogP contribution in [0.25, 0.3) is 20.4 Å². The molecule has 0 N–H and O–H groups in total. The molecule has 1 saturated heterocycles. The van der Waals surface area contributed by atoms with Crippen molar-refractivity contribution in [1.29, 1.82) is 0 Å². The fraction of sp³-hybridized carbons (Fsp3) is 0.500. The zero-order chi connectivity index (χ0) is 24.9. The zero-order valence-corrected chi connectivity index (χ0v) is 22.7. The summed E-state index contributed by atoms with van der Waals surface area (Å²) in [7, 11) is 0. The molecule has 2 aliphatic heterocycles. The number of hydrogen-bond acceptors (Lipinski definition) is 6. The lowest BCUT2D eigenvalue weighted by atomic mass is 9.88. The molecule has 1 fully saturated rings. The van der Waals surface area contributed by atoms with Crippen molar-refractivity contribution in [3.05, 3.63) is 59.0 Å². The molecule has 0 radical (unpaired) electrons. The molecule has 4 aromatic rings. The van der Waals surface area contributed by atoms with Gasteiger partial charge in [0, 0.05) is 36.2 Å². The van der Waals surface area contributed by atoms with Crippen LogP contribution in [0.2, 0.25) is 0 Å². The number of fused-ring (bicyclic) bond motifs is 5. The maximum atomic E-state index is 6.25. The van der Waals surface area contributed by atoms with Crippen LogP contribution in [0.1, 0.15) is 62.9 Å². The minimum absolute atomic E-state index is 0.179. The minimum atomic E-state index is -0.179. The van der Waals surface area contributed by atoms with Crippen LogP contribution < -0.4 is 4.90 Å². The topological polar surface area (TPSA) is 51.1 Å². The highest BCUT2D eigenvalue weighted by atomic mass is 32.1. The molecule has 6 heteroatoms. The first-order valence-corrected chi connectivity index (χ1v) is 14.2. The molecule has 36 heavy (non-hydrogen) atoms. The highest BCUT2D eigenvalue weighted by Crippen LogP contribution is 2.43. The van der Waals surface area contributed by atoms with Gasteiger partial charge in [-0.15, -0.1) is 11.3 Å². The van der Waals surface area contributed by atoms with E-state index in [0.29, 0.717) is 12.5 Å². The van der Waals surface area contributed by atoms with E-state index in [1.54, 1.807) is 17.7 Å². The van der Waals surface area contributed by atoms with Crippen LogP contribution in [0, 0.1) is 11.8 Å². The molecular weight excluding hydrogens is 464 g/mol. The third-order valence-corrected chi connectivity index (χ3v) is 8.85. The number of hydrogen-bond donors (Lipinski definition) is 0. The Kier molecular flexibility index (Phi) is 6.21. The Balaban J connectivity index is 1.36. The van der Waals surface area contributed by atoms with Gasteiger partial charge in [-0.25, -0.2) is 15.0 Å². The van der Waals surface area contributed by atoms with Crippen LogP contribution in [0.5, 0.6) is 0 Å². The van der Waals surface area contributed by atoms with Crippen molar-refractivity contribution in [2.75, 3.05) is 18.0 Å². The second-order valence-electron chi connectivity index (χ2n) is 11.6. The second-order valence-corrected chi connectivity index (χ2v) is 12.6. The summed E-state index contributed by atoms with van der Waals surface area (Å²) in [6, 6.07) is 10.9. The summed E-state index contributed by atoms with van der Waals surface area (Å²) in [5.41, 5.74) is 6.22. The number of nitrogens with zero attached hydrogens (tertiary/aromatic N) is 4. The standard InChI is InChI=1S/C30H36N4OS/c1-19(2)14-24-23-17-35-30(3,4)16-22(23)25-26-27(36-29(25)33-24)28(32-18-31-26)34-12-10-21(11-13-34)15-20-8-6-5-7-9-20/h5-9,18-19,21H,10-17H2,1-4H3. The van der Waals surface area contributed by atoms with Crippen molar-refractivity contribution in [2.24, 2.45) is 11.8 Å². The summed E-state index contributed by atoms with van der Waals surface area (Å²) >= 11 is 1.78. The molecule has 0 bridgehead atoms. The molecule has 0 amide bonds. The second kappa shape index (κ2) is 9.38. The molecule has 0 unspecified atom stereocenters. The zero-order valence-electron chi connectivity index (χ0n) is 21.9. The van der Waals surface area contributed by atoms with Gasteiger partial charge < -0.3 is 9.64 Å². The minimum Gasteiger partial charge on any atom is -0.370 e. The third-order valence-electron chi connectivity index (χ3n) is 7.78. The van der Waals surface area contributed by atoms with Gasteiger partial charge in [-0.05, 0) is 62.5 Å². The molecule has 188 valence electrons. The Morgan fingerprint density at radius 3 is 2.61 bits per heavy atom. The van der Waals surface area contributed by atoms with Crippen molar-refractivity contribution < 1.29 is 4.74 Å². The summed E-state index contributed by atoms with van der Waals surface area (Å²) < 4.78 is 7.44. The van der Waals surface area contributed by atoms with Gasteiger partial charge in [-0.3, -0.25) is 0 Å². The van der Waals surface area contributed by atoms with Crippen LogP contribution >= 0.6 is 11.3 Å². The SMILES string of the molecule is CC(C)Cc1nc2sc3c(N4CCC(Cc5ccccc5)CC4)ncnc3c2c2c1COC(C)(C)C2. The van der Waals surface area contributed by atoms with E-state index in [2.05, 4.69) is 62.9 Å². The smallest absolute Gasteiger partial charge is 0.150 e. The molecule has 5 nitrogen and oxygen atoms in total. The molecule has 0 spiro atoms. The summed E-state index contributed by atoms with van der Waals surface area (Å²) in [6.45, 7) is 11.6. The van der Waals surface area contributed by atoms with Gasteiger partial charge in [0.15, 0.2) is 0 Å². The molecule has 5 heterocycles. The van der Waals surface area contributed by atoms with E-state index < -0.39 is 0 Å². The number of anilines is 1. The van der Waals surface area contributed by atoms with E-state index >= 15 is 0 Å². The lowest BCUT2D eigenvalue weighted by Crippen LogP contribution is -2.35. The average molecular weight is 501 g/mol. The van der Waals surface area contributed by atoms with Crippen LogP contribution in [-0.4, -0.2) is 33.6 Å². The lowest BCUT2D eigenvalue weighted by Gasteiger charge is -2.33. The van der Waals surface area contributed by atoms with Crippen molar-refractivity contribution in [3.63, 3.8) is 0 Å². The number of pyridine rings is 1.